The zero-order chi connectivity index (χ0) is 46.4. The van der Waals surface area contributed by atoms with E-state index in [0.717, 1.165) is 71.3 Å². The predicted octanol–water partition coefficient (Wildman–Crippen LogP) is 13.2. The Labute approximate surface area is 403 Å². The number of hydrogen-bond donors (Lipinski definition) is 2. The highest BCUT2D eigenvalue weighted by Crippen LogP contribution is 2.38. The summed E-state index contributed by atoms with van der Waals surface area (Å²) in [5.74, 6) is 0. The molecule has 67 heavy (non-hydrogen) atoms. The molecule has 10 heteroatoms. The minimum atomic E-state index is -1.50. The molecule has 0 atom stereocenters. The quantitative estimate of drug-likeness (QED) is 0.117. The number of aromatic nitrogens is 2. The molecule has 0 saturated carbocycles. The van der Waals surface area contributed by atoms with E-state index in [9.17, 15) is 14.4 Å². The second-order valence-corrected chi connectivity index (χ2v) is 17.6. The van der Waals surface area contributed by atoms with E-state index >= 15 is 0 Å². The molecule has 2 heterocycles. The van der Waals surface area contributed by atoms with E-state index in [1.165, 1.54) is 39.6 Å². The molecule has 0 aliphatic heterocycles. The first-order valence-electron chi connectivity index (χ1n) is 21.3. The lowest BCUT2D eigenvalue weighted by Crippen LogP contribution is -2.29. The Bertz CT molecular complexity index is 3440. The van der Waals surface area contributed by atoms with Crippen LogP contribution < -0.4 is 5.46 Å². The summed E-state index contributed by atoms with van der Waals surface area (Å²) in [6.45, 7) is 0. The first-order valence-corrected chi connectivity index (χ1v) is 22.9. The van der Waals surface area contributed by atoms with Crippen LogP contribution in [-0.2, 0) is 0 Å². The summed E-state index contributed by atoms with van der Waals surface area (Å²) in [6.07, 6.45) is 2.41. The second-order valence-electron chi connectivity index (χ2n) is 15.8. The average molecular weight is 1000 g/mol. The minimum absolute atomic E-state index is 0.328. The topological polar surface area (TPSA) is 102 Å². The zero-order valence-corrected chi connectivity index (χ0v) is 38.9. The van der Waals surface area contributed by atoms with Crippen LogP contribution in [0.1, 0.15) is 31.1 Å². The van der Waals surface area contributed by atoms with Crippen molar-refractivity contribution in [2.75, 3.05) is 0 Å². The van der Waals surface area contributed by atoms with Crippen molar-refractivity contribution in [3.8, 4) is 33.6 Å². The third kappa shape index (κ3) is 9.47. The van der Waals surface area contributed by atoms with Gasteiger partial charge in [-0.05, 0) is 125 Å². The molecule has 0 bridgehead atoms. The highest BCUT2D eigenvalue weighted by Gasteiger charge is 2.16. The number of hydrogen-bond acceptors (Lipinski definition) is 5. The van der Waals surface area contributed by atoms with E-state index < -0.39 is 7.12 Å². The molecule has 0 fully saturated rings. The van der Waals surface area contributed by atoms with Crippen LogP contribution in [0.15, 0.2) is 215 Å². The Hall–Kier alpha value is -7.47. The summed E-state index contributed by atoms with van der Waals surface area (Å²) in [7, 11) is -1.50. The van der Waals surface area contributed by atoms with Crippen molar-refractivity contribution in [1.82, 2.24) is 9.13 Å². The van der Waals surface area contributed by atoms with Gasteiger partial charge in [0.05, 0.1) is 22.1 Å². The summed E-state index contributed by atoms with van der Waals surface area (Å²) in [5, 5.41) is 22.1. The smallest absolute Gasteiger partial charge is 0.423 e. The summed E-state index contributed by atoms with van der Waals surface area (Å²) in [5.41, 5.74) is 13.2. The molecule has 0 spiro atoms. The molecule has 7 nitrogen and oxygen atoms in total. The molecule has 2 aromatic heterocycles. The van der Waals surface area contributed by atoms with Crippen LogP contribution in [0.3, 0.4) is 0 Å². The minimum Gasteiger partial charge on any atom is -0.423 e. The van der Waals surface area contributed by atoms with Gasteiger partial charge in [-0.1, -0.05) is 141 Å². The molecule has 0 saturated heterocycles. The van der Waals surface area contributed by atoms with Gasteiger partial charge >= 0.3 is 7.12 Å². The number of carbonyl (C=O) groups is 3. The van der Waals surface area contributed by atoms with Crippen LogP contribution in [0.2, 0.25) is 0 Å². The largest absolute Gasteiger partial charge is 0.488 e. The number of rotatable bonds is 8. The van der Waals surface area contributed by atoms with Gasteiger partial charge in [-0.25, -0.2) is 0 Å². The molecular weight excluding hydrogens is 963 g/mol. The van der Waals surface area contributed by atoms with Crippen molar-refractivity contribution in [2.24, 2.45) is 0 Å². The van der Waals surface area contributed by atoms with Crippen LogP contribution >= 0.6 is 31.9 Å². The number of nitrogens with zero attached hydrogens (tertiary/aromatic N) is 2. The van der Waals surface area contributed by atoms with Crippen molar-refractivity contribution in [3.05, 3.63) is 232 Å². The Balaban J connectivity index is 0.000000148. The van der Waals surface area contributed by atoms with Gasteiger partial charge in [0.2, 0.25) is 0 Å². The molecule has 0 unspecified atom stereocenters. The molecule has 0 radical (unpaired) electrons. The van der Waals surface area contributed by atoms with E-state index in [1.807, 2.05) is 72.8 Å². The van der Waals surface area contributed by atoms with Gasteiger partial charge in [-0.15, -0.1) is 0 Å². The lowest BCUT2D eigenvalue weighted by Gasteiger charge is -2.08. The predicted molar refractivity (Wildman–Crippen MR) is 280 cm³/mol. The van der Waals surface area contributed by atoms with Gasteiger partial charge in [-0.3, -0.25) is 14.4 Å². The van der Waals surface area contributed by atoms with Gasteiger partial charge in [0.25, 0.3) is 0 Å². The van der Waals surface area contributed by atoms with Crippen molar-refractivity contribution < 1.29 is 24.4 Å². The molecule has 324 valence electrons. The van der Waals surface area contributed by atoms with Crippen LogP contribution in [0, 0.1) is 0 Å². The van der Waals surface area contributed by atoms with Gasteiger partial charge in [-0.2, -0.15) is 0 Å². The van der Waals surface area contributed by atoms with Gasteiger partial charge < -0.3 is 19.2 Å². The molecule has 9 aromatic carbocycles. The maximum atomic E-state index is 11.3. The van der Waals surface area contributed by atoms with E-state index in [1.54, 1.807) is 12.1 Å². The fourth-order valence-corrected chi connectivity index (χ4v) is 9.16. The summed E-state index contributed by atoms with van der Waals surface area (Å²) in [4.78, 5) is 32.9. The van der Waals surface area contributed by atoms with Crippen LogP contribution in [0.4, 0.5) is 0 Å². The highest BCUT2D eigenvalue weighted by atomic mass is 79.9. The SMILES string of the molecule is Brc1ccc2c(c1)c1cc(Br)ccc1n2-c1ccccc1.O=Cc1cccc(-c2ccc3c(c2)c2cc(-c4cccc(C=O)c4)ccc2n3-c2ccccc2)c1.O=Cc1cccc(B(O)O)c1. The zero-order valence-electron chi connectivity index (χ0n) is 35.7. The van der Waals surface area contributed by atoms with Gasteiger partial charge in [0.15, 0.2) is 0 Å². The van der Waals surface area contributed by atoms with Crippen LogP contribution in [0.25, 0.3) is 77.2 Å². The summed E-state index contributed by atoms with van der Waals surface area (Å²) < 4.78 is 6.79. The normalized spacial score (nSPS) is 10.9. The number of aldehydes is 3. The molecular formula is C57H39BBr2N2O5. The third-order valence-corrected chi connectivity index (χ3v) is 12.5. The van der Waals surface area contributed by atoms with E-state index in [2.05, 4.69) is 150 Å². The fourth-order valence-electron chi connectivity index (χ4n) is 8.44. The van der Waals surface area contributed by atoms with E-state index in [0.29, 0.717) is 28.4 Å². The van der Waals surface area contributed by atoms with Crippen LogP contribution in [0.5, 0.6) is 0 Å². The molecule has 2 N–H and O–H groups in total. The first-order chi connectivity index (χ1) is 32.7. The Kier molecular flexibility index (Phi) is 13.3. The Morgan fingerprint density at radius 1 is 0.358 bits per heavy atom. The Morgan fingerprint density at radius 2 is 0.716 bits per heavy atom. The number of para-hydroxylation sites is 2. The average Bonchev–Trinajstić information content (AvgIpc) is 3.88. The van der Waals surface area contributed by atoms with Crippen molar-refractivity contribution >= 4 is 107 Å². The van der Waals surface area contributed by atoms with Crippen molar-refractivity contribution in [2.45, 2.75) is 0 Å². The number of fused-ring (bicyclic) bond motifs is 6. The first kappa shape index (κ1) is 44.7. The Morgan fingerprint density at radius 3 is 1.12 bits per heavy atom. The molecule has 11 aromatic rings. The summed E-state index contributed by atoms with van der Waals surface area (Å²) >= 11 is 7.16. The van der Waals surface area contributed by atoms with E-state index in [-0.39, 0.29) is 0 Å². The van der Waals surface area contributed by atoms with Crippen molar-refractivity contribution in [3.63, 3.8) is 0 Å². The monoisotopic (exact) mass is 1000 g/mol. The molecule has 0 aliphatic carbocycles. The van der Waals surface area contributed by atoms with Crippen LogP contribution in [-0.4, -0.2) is 45.2 Å². The lowest BCUT2D eigenvalue weighted by atomic mass is 9.80. The fraction of sp³-hybridized carbons (Fsp3) is 0. The molecule has 11 rings (SSSR count). The number of carbonyl (C=O) groups excluding carboxylic acids is 3. The highest BCUT2D eigenvalue weighted by molar-refractivity contribution is 9.10. The molecule has 0 amide bonds. The van der Waals surface area contributed by atoms with Crippen molar-refractivity contribution in [1.29, 1.82) is 0 Å². The van der Waals surface area contributed by atoms with Gasteiger partial charge in [0.1, 0.15) is 18.9 Å². The standard InChI is InChI=1S/C32H21NO2.C18H11Br2N.C7H7BO3/c34-20-22-6-4-8-24(16-22)26-12-14-31-29(18-26)30-19-27(25-9-5-7-23(17-25)21-35)13-15-32(30)33(31)28-10-2-1-3-11-28;19-12-6-8-17-15(10-12)16-11-13(20)7-9-18(16)21(17)14-4-2-1-3-5-14;9-5-6-2-1-3-7(4-6)8(10)11/h1-21H;1-11H;1-5,10-11H. The summed E-state index contributed by atoms with van der Waals surface area (Å²) in [6, 6.07) is 68.1. The van der Waals surface area contributed by atoms with Gasteiger partial charge in [0, 0.05) is 58.6 Å². The number of halogens is 2. The molecule has 0 aliphatic rings. The lowest BCUT2D eigenvalue weighted by molar-refractivity contribution is 0.111. The van der Waals surface area contributed by atoms with E-state index in [4.69, 9.17) is 10.0 Å². The third-order valence-electron chi connectivity index (χ3n) is 11.5. The maximum absolute atomic E-state index is 11.3. The maximum Gasteiger partial charge on any atom is 0.488 e. The second kappa shape index (κ2) is 20.0. The number of benzene rings is 9.